The summed E-state index contributed by atoms with van der Waals surface area (Å²) in [5, 5.41) is 0. The Morgan fingerprint density at radius 3 is 1.08 bits per heavy atom. The molecule has 0 saturated carbocycles. The zero-order valence-electron chi connectivity index (χ0n) is 8.79. The van der Waals surface area contributed by atoms with Crippen molar-refractivity contribution in [3.05, 3.63) is 0 Å². The number of hydrogen-bond donors (Lipinski definition) is 0. The van der Waals surface area contributed by atoms with Crippen LogP contribution in [0.2, 0.25) is 0 Å². The summed E-state index contributed by atoms with van der Waals surface area (Å²) in [7, 11) is 15.2. The summed E-state index contributed by atoms with van der Waals surface area (Å²) >= 11 is 0. The average molecular weight is 190 g/mol. The molecule has 72 valence electrons. The lowest BCUT2D eigenvalue weighted by Gasteiger charge is -2.45. The minimum Gasteiger partial charge on any atom is -0.259 e. The fourth-order valence-corrected chi connectivity index (χ4v) is 2.10. The van der Waals surface area contributed by atoms with Crippen LogP contribution >= 0.6 is 9.03 Å². The Labute approximate surface area is 77.4 Å². The third-order valence-electron chi connectivity index (χ3n) is 1.95. The second kappa shape index (κ2) is 4.28. The maximum absolute atomic E-state index is 4.20. The van der Waals surface area contributed by atoms with Gasteiger partial charge in [-0.15, -0.1) is 0 Å². The molecule has 0 aromatic carbocycles. The maximum Gasteiger partial charge on any atom is 0.232 e. The Balaban J connectivity index is 4.89. The molecule has 5 heteroatoms. The second-order valence-corrected chi connectivity index (χ2v) is 3.62. The van der Waals surface area contributed by atoms with Crippen LogP contribution in [0.1, 0.15) is 0 Å². The van der Waals surface area contributed by atoms with Gasteiger partial charge >= 0.3 is 0 Å². The predicted molar refractivity (Wildman–Crippen MR) is 54.5 cm³/mol. The molecule has 0 aliphatic carbocycles. The van der Waals surface area contributed by atoms with E-state index in [1.807, 2.05) is 57.0 Å². The molecule has 0 bridgehead atoms. The van der Waals surface area contributed by atoms with Gasteiger partial charge in [-0.2, -0.15) is 0 Å². The maximum atomic E-state index is 4.20. The summed E-state index contributed by atoms with van der Waals surface area (Å²) in [6.45, 7) is 0. The molecule has 0 radical (unpaired) electrons. The molecule has 0 saturated heterocycles. The first-order valence-electron chi connectivity index (χ1n) is 3.80. The molecule has 0 aliphatic rings. The molecule has 0 aromatic heterocycles. The van der Waals surface area contributed by atoms with Gasteiger partial charge in [-0.3, -0.25) is 14.7 Å². The molecule has 0 amide bonds. The lowest BCUT2D eigenvalue weighted by atomic mass is 10.4. The van der Waals surface area contributed by atoms with E-state index in [-0.39, 0.29) is 0 Å². The number of nitrogens with zero attached hydrogens (tertiary/aromatic N) is 4. The molecule has 0 N–H and O–H groups in total. The summed E-state index contributed by atoms with van der Waals surface area (Å²) in [6.07, 6.45) is 0. The molecule has 12 heavy (non-hydrogen) atoms. The van der Waals surface area contributed by atoms with Crippen LogP contribution in [0.15, 0.2) is 4.74 Å². The molecule has 0 spiro atoms. The first-order chi connectivity index (χ1) is 5.39. The van der Waals surface area contributed by atoms with Gasteiger partial charge in [0.15, 0.2) is 0 Å². The number of rotatable bonds is 4. The minimum absolute atomic E-state index is 0.420. The normalized spacial score (nSPS) is 13.1. The van der Waals surface area contributed by atoms with E-state index in [0.29, 0.717) is 0 Å². The van der Waals surface area contributed by atoms with Crippen LogP contribution < -0.4 is 0 Å². The van der Waals surface area contributed by atoms with Crippen molar-refractivity contribution in [1.82, 2.24) is 14.7 Å². The van der Waals surface area contributed by atoms with Crippen LogP contribution in [0, 0.1) is 0 Å². The first kappa shape index (κ1) is 12.0. The van der Waals surface area contributed by atoms with E-state index >= 15 is 0 Å². The Bertz CT molecular complexity index is 134. The predicted octanol–water partition coefficient (Wildman–Crippen LogP) is 0.609. The van der Waals surface area contributed by atoms with Crippen molar-refractivity contribution in [3.63, 3.8) is 0 Å². The fourth-order valence-electron chi connectivity index (χ4n) is 1.50. The van der Waals surface area contributed by atoms with Crippen molar-refractivity contribution < 1.29 is 0 Å². The van der Waals surface area contributed by atoms with Gasteiger partial charge in [0.05, 0.1) is 0 Å². The van der Waals surface area contributed by atoms with E-state index in [2.05, 4.69) is 13.8 Å². The Kier molecular flexibility index (Phi) is 4.28. The smallest absolute Gasteiger partial charge is 0.232 e. The average Bonchev–Trinajstić information content (AvgIpc) is 1.86. The summed E-state index contributed by atoms with van der Waals surface area (Å²) in [5.41, 5.74) is 0. The van der Waals surface area contributed by atoms with Crippen molar-refractivity contribution in [2.45, 2.75) is 5.91 Å². The van der Waals surface area contributed by atoms with Gasteiger partial charge in [0.1, 0.15) is 0 Å². The quantitative estimate of drug-likeness (QED) is 0.479. The summed E-state index contributed by atoms with van der Waals surface area (Å²) < 4.78 is 4.20. The Morgan fingerprint density at radius 1 is 0.833 bits per heavy atom. The van der Waals surface area contributed by atoms with E-state index in [0.717, 1.165) is 0 Å². The fraction of sp³-hybridized carbons (Fsp3) is 1.00. The van der Waals surface area contributed by atoms with E-state index in [1.165, 1.54) is 0 Å². The van der Waals surface area contributed by atoms with Gasteiger partial charge in [0.2, 0.25) is 5.91 Å². The molecule has 0 aromatic rings. The second-order valence-electron chi connectivity index (χ2n) is 3.40. The van der Waals surface area contributed by atoms with Crippen molar-refractivity contribution >= 4 is 9.03 Å². The SMILES string of the molecule is CN(C)C(N=P)(N(C)C)N(C)C. The molecule has 0 atom stereocenters. The van der Waals surface area contributed by atoms with Gasteiger partial charge in [-0.05, 0) is 51.3 Å². The van der Waals surface area contributed by atoms with E-state index in [1.54, 1.807) is 0 Å². The van der Waals surface area contributed by atoms with Crippen LogP contribution in [-0.4, -0.2) is 62.9 Å². The molecular formula is C7H19N4P. The first-order valence-corrected chi connectivity index (χ1v) is 4.25. The molecule has 0 aliphatic heterocycles. The highest BCUT2D eigenvalue weighted by molar-refractivity contribution is 7.04. The zero-order chi connectivity index (χ0) is 9.94. The van der Waals surface area contributed by atoms with E-state index < -0.39 is 5.91 Å². The third kappa shape index (κ3) is 1.83. The summed E-state index contributed by atoms with van der Waals surface area (Å²) in [5.74, 6) is -0.420. The molecule has 0 heterocycles. The molecule has 0 unspecified atom stereocenters. The minimum atomic E-state index is -0.420. The molecule has 0 fully saturated rings. The van der Waals surface area contributed by atoms with Gasteiger partial charge in [0, 0.05) is 0 Å². The largest absolute Gasteiger partial charge is 0.259 e. The standard InChI is InChI=1S/C7H19N4P/c1-9(2)7(8-12,10(3)4)11(5)6/h12H,1-6H3. The lowest BCUT2D eigenvalue weighted by Crippen LogP contribution is -2.62. The highest BCUT2D eigenvalue weighted by atomic mass is 31.0. The summed E-state index contributed by atoms with van der Waals surface area (Å²) in [6, 6.07) is 0. The monoisotopic (exact) mass is 190 g/mol. The molecule has 0 rings (SSSR count). The van der Waals surface area contributed by atoms with Gasteiger partial charge in [-0.1, -0.05) is 0 Å². The van der Waals surface area contributed by atoms with Crippen LogP contribution in [0.25, 0.3) is 0 Å². The van der Waals surface area contributed by atoms with Gasteiger partial charge in [0.25, 0.3) is 0 Å². The third-order valence-corrected chi connectivity index (χ3v) is 2.25. The molecular weight excluding hydrogens is 171 g/mol. The van der Waals surface area contributed by atoms with Gasteiger partial charge in [-0.25, -0.2) is 4.74 Å². The van der Waals surface area contributed by atoms with Crippen molar-refractivity contribution in [2.75, 3.05) is 42.3 Å². The highest BCUT2D eigenvalue weighted by Crippen LogP contribution is 2.20. The Hall–Kier alpha value is -0.0200. The zero-order valence-corrected chi connectivity index (χ0v) is 9.79. The van der Waals surface area contributed by atoms with Crippen molar-refractivity contribution in [3.8, 4) is 0 Å². The topological polar surface area (TPSA) is 22.1 Å². The highest BCUT2D eigenvalue weighted by Gasteiger charge is 2.36. The van der Waals surface area contributed by atoms with Crippen molar-refractivity contribution in [1.29, 1.82) is 0 Å². The van der Waals surface area contributed by atoms with Crippen LogP contribution in [0.3, 0.4) is 0 Å². The lowest BCUT2D eigenvalue weighted by molar-refractivity contribution is -0.0985. The van der Waals surface area contributed by atoms with E-state index in [9.17, 15) is 0 Å². The van der Waals surface area contributed by atoms with Crippen LogP contribution in [-0.2, 0) is 0 Å². The van der Waals surface area contributed by atoms with E-state index in [4.69, 9.17) is 0 Å². The van der Waals surface area contributed by atoms with Crippen molar-refractivity contribution in [2.24, 2.45) is 4.74 Å². The Morgan fingerprint density at radius 2 is 1.08 bits per heavy atom. The van der Waals surface area contributed by atoms with Crippen LogP contribution in [0.5, 0.6) is 0 Å². The van der Waals surface area contributed by atoms with Crippen LogP contribution in [0.4, 0.5) is 0 Å². The number of hydrogen-bond acceptors (Lipinski definition) is 4. The summed E-state index contributed by atoms with van der Waals surface area (Å²) in [4.78, 5) is 6.08. The van der Waals surface area contributed by atoms with Gasteiger partial charge < -0.3 is 0 Å². The molecule has 4 nitrogen and oxygen atoms in total.